The topological polar surface area (TPSA) is 75.7 Å². The van der Waals surface area contributed by atoms with Crippen LogP contribution in [0.25, 0.3) is 0 Å². The standard InChI is InChI=1S/C23H23F3N2O4/c1-2-32-22(31)17-4-3-5-19(14-17)27-20(29)15-10-12-28(13-11-15)21(30)16-6-8-18(9-7-16)23(24,25)26/h3-9,14-15H,2,10-13H2,1H3,(H,27,29). The fraction of sp³-hybridized carbons (Fsp3) is 0.348. The lowest BCUT2D eigenvalue weighted by Crippen LogP contribution is -2.41. The number of esters is 1. The van der Waals surface area contributed by atoms with Gasteiger partial charge >= 0.3 is 12.1 Å². The second-order valence-electron chi connectivity index (χ2n) is 7.43. The molecule has 0 radical (unpaired) electrons. The third-order valence-corrected chi connectivity index (χ3v) is 5.25. The number of nitrogens with zero attached hydrogens (tertiary/aromatic N) is 1. The van der Waals surface area contributed by atoms with Crippen molar-refractivity contribution in [1.82, 2.24) is 4.90 Å². The Morgan fingerprint density at radius 1 is 1.03 bits per heavy atom. The van der Waals surface area contributed by atoms with E-state index in [1.54, 1.807) is 31.2 Å². The number of anilines is 1. The molecule has 0 aliphatic carbocycles. The van der Waals surface area contributed by atoms with Gasteiger partial charge in [0.25, 0.3) is 5.91 Å². The molecule has 32 heavy (non-hydrogen) atoms. The van der Waals surface area contributed by atoms with E-state index in [1.807, 2.05) is 0 Å². The molecule has 1 aliphatic heterocycles. The van der Waals surface area contributed by atoms with Gasteiger partial charge in [-0.1, -0.05) is 6.07 Å². The molecule has 1 N–H and O–H groups in total. The minimum atomic E-state index is -4.46. The number of piperidine rings is 1. The van der Waals surface area contributed by atoms with Gasteiger partial charge in [0.15, 0.2) is 0 Å². The van der Waals surface area contributed by atoms with E-state index in [0.29, 0.717) is 37.2 Å². The SMILES string of the molecule is CCOC(=O)c1cccc(NC(=O)C2CCN(C(=O)c3ccc(C(F)(F)F)cc3)CC2)c1. The first-order chi connectivity index (χ1) is 15.2. The number of carbonyl (C=O) groups excluding carboxylic acids is 3. The van der Waals surface area contributed by atoms with Gasteiger partial charge in [0.05, 0.1) is 17.7 Å². The van der Waals surface area contributed by atoms with E-state index in [0.717, 1.165) is 12.1 Å². The predicted octanol–water partition coefficient (Wildman–Crippen LogP) is 4.37. The Hall–Kier alpha value is -3.36. The van der Waals surface area contributed by atoms with Gasteiger partial charge in [-0.2, -0.15) is 13.2 Å². The van der Waals surface area contributed by atoms with E-state index in [4.69, 9.17) is 4.74 Å². The second kappa shape index (κ2) is 9.84. The Kier molecular flexibility index (Phi) is 7.17. The van der Waals surface area contributed by atoms with Gasteiger partial charge in [0.2, 0.25) is 5.91 Å². The van der Waals surface area contributed by atoms with Crippen LogP contribution in [0.3, 0.4) is 0 Å². The minimum Gasteiger partial charge on any atom is -0.462 e. The lowest BCUT2D eigenvalue weighted by Gasteiger charge is -2.31. The molecule has 170 valence electrons. The lowest BCUT2D eigenvalue weighted by molar-refractivity contribution is -0.137. The van der Waals surface area contributed by atoms with Crippen molar-refractivity contribution in [3.05, 3.63) is 65.2 Å². The summed E-state index contributed by atoms with van der Waals surface area (Å²) in [5, 5.41) is 2.79. The summed E-state index contributed by atoms with van der Waals surface area (Å²) in [7, 11) is 0. The Balaban J connectivity index is 1.55. The van der Waals surface area contributed by atoms with E-state index in [9.17, 15) is 27.6 Å². The molecule has 2 aromatic rings. The van der Waals surface area contributed by atoms with Crippen molar-refractivity contribution < 1.29 is 32.3 Å². The molecule has 1 fully saturated rings. The van der Waals surface area contributed by atoms with Crippen LogP contribution in [0, 0.1) is 5.92 Å². The molecule has 1 saturated heterocycles. The van der Waals surface area contributed by atoms with E-state index in [1.165, 1.54) is 17.0 Å². The van der Waals surface area contributed by atoms with Gasteiger partial charge in [-0.05, 0) is 62.2 Å². The summed E-state index contributed by atoms with van der Waals surface area (Å²) in [5.41, 5.74) is 0.179. The van der Waals surface area contributed by atoms with Gasteiger partial charge in [-0.25, -0.2) is 4.79 Å². The van der Waals surface area contributed by atoms with E-state index in [-0.39, 0.29) is 29.9 Å². The number of rotatable bonds is 5. The smallest absolute Gasteiger partial charge is 0.416 e. The summed E-state index contributed by atoms with van der Waals surface area (Å²) in [4.78, 5) is 38.6. The number of ether oxygens (including phenoxy) is 1. The molecule has 9 heteroatoms. The zero-order valence-electron chi connectivity index (χ0n) is 17.4. The van der Waals surface area contributed by atoms with Crippen molar-refractivity contribution in [3.63, 3.8) is 0 Å². The molecule has 6 nitrogen and oxygen atoms in total. The van der Waals surface area contributed by atoms with E-state index in [2.05, 4.69) is 5.32 Å². The Labute approximate surface area is 183 Å². The maximum atomic E-state index is 12.7. The van der Waals surface area contributed by atoms with Crippen LogP contribution in [-0.2, 0) is 15.7 Å². The van der Waals surface area contributed by atoms with Gasteiger partial charge in [0.1, 0.15) is 0 Å². The second-order valence-corrected chi connectivity index (χ2v) is 7.43. The molecule has 1 heterocycles. The maximum Gasteiger partial charge on any atom is 0.416 e. The number of alkyl halides is 3. The van der Waals surface area contributed by atoms with Crippen molar-refractivity contribution >= 4 is 23.5 Å². The van der Waals surface area contributed by atoms with Crippen LogP contribution < -0.4 is 5.32 Å². The fourth-order valence-electron chi connectivity index (χ4n) is 3.51. The third-order valence-electron chi connectivity index (χ3n) is 5.25. The highest BCUT2D eigenvalue weighted by molar-refractivity contribution is 5.96. The van der Waals surface area contributed by atoms with Crippen LogP contribution >= 0.6 is 0 Å². The molecule has 3 rings (SSSR count). The number of nitrogens with one attached hydrogen (secondary N) is 1. The summed E-state index contributed by atoms with van der Waals surface area (Å²) in [6.45, 7) is 2.60. The van der Waals surface area contributed by atoms with Crippen molar-refractivity contribution in [1.29, 1.82) is 0 Å². The summed E-state index contributed by atoms with van der Waals surface area (Å²) in [6.07, 6.45) is -3.60. The molecular weight excluding hydrogens is 425 g/mol. The van der Waals surface area contributed by atoms with Crippen molar-refractivity contribution in [2.45, 2.75) is 25.9 Å². The zero-order chi connectivity index (χ0) is 23.3. The van der Waals surface area contributed by atoms with Crippen LogP contribution in [0.15, 0.2) is 48.5 Å². The average Bonchev–Trinajstić information content (AvgIpc) is 2.78. The first-order valence-corrected chi connectivity index (χ1v) is 10.2. The Morgan fingerprint density at radius 2 is 1.69 bits per heavy atom. The molecular formula is C23H23F3N2O4. The number of amides is 2. The monoisotopic (exact) mass is 448 g/mol. The summed E-state index contributed by atoms with van der Waals surface area (Å²) in [5.74, 6) is -1.37. The fourth-order valence-corrected chi connectivity index (χ4v) is 3.51. The molecule has 0 unspecified atom stereocenters. The van der Waals surface area contributed by atoms with Crippen molar-refractivity contribution in [2.75, 3.05) is 25.0 Å². The summed E-state index contributed by atoms with van der Waals surface area (Å²) >= 11 is 0. The highest BCUT2D eigenvalue weighted by atomic mass is 19.4. The molecule has 1 aliphatic rings. The number of carbonyl (C=O) groups is 3. The first-order valence-electron chi connectivity index (χ1n) is 10.2. The van der Waals surface area contributed by atoms with Crippen LogP contribution in [0.2, 0.25) is 0 Å². The molecule has 2 aromatic carbocycles. The highest BCUT2D eigenvalue weighted by Crippen LogP contribution is 2.29. The Morgan fingerprint density at radius 3 is 2.28 bits per heavy atom. The minimum absolute atomic E-state index is 0.177. The van der Waals surface area contributed by atoms with E-state index < -0.39 is 17.7 Å². The Bertz CT molecular complexity index is 981. The number of hydrogen-bond acceptors (Lipinski definition) is 4. The maximum absolute atomic E-state index is 12.7. The predicted molar refractivity (Wildman–Crippen MR) is 111 cm³/mol. The van der Waals surface area contributed by atoms with Crippen molar-refractivity contribution in [3.8, 4) is 0 Å². The molecule has 0 saturated carbocycles. The third kappa shape index (κ3) is 5.66. The highest BCUT2D eigenvalue weighted by Gasteiger charge is 2.31. The summed E-state index contributed by atoms with van der Waals surface area (Å²) in [6, 6.07) is 10.6. The van der Waals surface area contributed by atoms with Crippen LogP contribution in [0.5, 0.6) is 0 Å². The van der Waals surface area contributed by atoms with Gasteiger partial charge in [-0.15, -0.1) is 0 Å². The van der Waals surface area contributed by atoms with Gasteiger partial charge < -0.3 is 15.0 Å². The van der Waals surface area contributed by atoms with Crippen LogP contribution in [-0.4, -0.2) is 42.4 Å². The zero-order valence-corrected chi connectivity index (χ0v) is 17.4. The van der Waals surface area contributed by atoms with Gasteiger partial charge in [-0.3, -0.25) is 9.59 Å². The van der Waals surface area contributed by atoms with Crippen LogP contribution in [0.4, 0.5) is 18.9 Å². The average molecular weight is 448 g/mol. The molecule has 0 spiro atoms. The largest absolute Gasteiger partial charge is 0.462 e. The molecule has 0 atom stereocenters. The summed E-state index contributed by atoms with van der Waals surface area (Å²) < 4.78 is 43.0. The van der Waals surface area contributed by atoms with E-state index >= 15 is 0 Å². The molecule has 0 bridgehead atoms. The number of halogens is 3. The first kappa shape index (κ1) is 23.3. The number of likely N-dealkylation sites (tertiary alicyclic amines) is 1. The van der Waals surface area contributed by atoms with Crippen LogP contribution in [0.1, 0.15) is 46.0 Å². The quantitative estimate of drug-likeness (QED) is 0.690. The lowest BCUT2D eigenvalue weighted by atomic mass is 9.95. The number of benzene rings is 2. The normalized spacial score (nSPS) is 14.7. The van der Waals surface area contributed by atoms with Gasteiger partial charge in [0, 0.05) is 30.3 Å². The molecule has 0 aromatic heterocycles. The van der Waals surface area contributed by atoms with Crippen molar-refractivity contribution in [2.24, 2.45) is 5.92 Å². The number of hydrogen-bond donors (Lipinski definition) is 1. The molecule has 2 amide bonds.